The fourth-order valence-electron chi connectivity index (χ4n) is 4.69. The first kappa shape index (κ1) is 39.8. The average Bonchev–Trinajstić information content (AvgIpc) is 2.98. The molecular weight excluding hydrogens is 592 g/mol. The summed E-state index contributed by atoms with van der Waals surface area (Å²) >= 11 is 0. The van der Waals surface area contributed by atoms with Crippen molar-refractivity contribution in [3.8, 4) is 0 Å². The fraction of sp³-hybridized carbons (Fsp3) is 0.576. The molecular formula is C33H52N6O7. The molecule has 6 atom stereocenters. The number of rotatable bonds is 20. The van der Waals surface area contributed by atoms with Crippen molar-refractivity contribution in [3.05, 3.63) is 48.6 Å². The number of nitrogens with two attached hydrogens (primary N) is 1. The number of nitrogens with one attached hydrogen (secondary N) is 5. The Labute approximate surface area is 271 Å². The van der Waals surface area contributed by atoms with E-state index in [9.17, 15) is 33.9 Å². The number of aliphatic hydroxyl groups is 1. The second-order valence-corrected chi connectivity index (χ2v) is 12.3. The van der Waals surface area contributed by atoms with Crippen molar-refractivity contribution in [3.63, 3.8) is 0 Å². The van der Waals surface area contributed by atoms with Gasteiger partial charge < -0.3 is 37.4 Å². The van der Waals surface area contributed by atoms with Crippen LogP contribution in [0, 0.1) is 17.8 Å². The van der Waals surface area contributed by atoms with Crippen molar-refractivity contribution >= 4 is 35.4 Å². The highest BCUT2D eigenvalue weighted by molar-refractivity contribution is 5.99. The maximum atomic E-state index is 13.5. The van der Waals surface area contributed by atoms with Gasteiger partial charge in [0.1, 0.15) is 18.1 Å². The smallest absolute Gasteiger partial charge is 0.251 e. The number of carbonyl (C=O) groups is 6. The van der Waals surface area contributed by atoms with Gasteiger partial charge in [-0.15, -0.1) is 6.58 Å². The number of amides is 6. The monoisotopic (exact) mass is 644 g/mol. The summed E-state index contributed by atoms with van der Waals surface area (Å²) in [7, 11) is 0. The van der Waals surface area contributed by atoms with Gasteiger partial charge in [-0.3, -0.25) is 28.8 Å². The molecule has 0 aliphatic heterocycles. The van der Waals surface area contributed by atoms with Crippen molar-refractivity contribution in [2.24, 2.45) is 23.5 Å². The molecule has 8 N–H and O–H groups in total. The molecule has 0 spiro atoms. The molecule has 0 aliphatic carbocycles. The lowest BCUT2D eigenvalue weighted by Gasteiger charge is -2.29. The van der Waals surface area contributed by atoms with Gasteiger partial charge in [-0.2, -0.15) is 0 Å². The van der Waals surface area contributed by atoms with E-state index in [1.807, 2.05) is 13.8 Å². The van der Waals surface area contributed by atoms with Crippen LogP contribution < -0.4 is 32.3 Å². The summed E-state index contributed by atoms with van der Waals surface area (Å²) in [4.78, 5) is 76.9. The minimum atomic E-state index is -1.43. The van der Waals surface area contributed by atoms with E-state index in [1.54, 1.807) is 64.1 Å². The summed E-state index contributed by atoms with van der Waals surface area (Å²) in [6.45, 7) is 15.0. The second-order valence-electron chi connectivity index (χ2n) is 12.3. The topological polar surface area (TPSA) is 209 Å². The zero-order chi connectivity index (χ0) is 35.0. The van der Waals surface area contributed by atoms with Crippen LogP contribution in [0.25, 0.3) is 0 Å². The zero-order valence-corrected chi connectivity index (χ0v) is 27.8. The van der Waals surface area contributed by atoms with E-state index >= 15 is 0 Å². The molecule has 13 nitrogen and oxygen atoms in total. The molecule has 0 heterocycles. The number of allylic oxidation sites excluding steroid dienone is 1. The second kappa shape index (κ2) is 20.0. The van der Waals surface area contributed by atoms with Gasteiger partial charge in [-0.1, -0.05) is 58.9 Å². The zero-order valence-electron chi connectivity index (χ0n) is 27.8. The lowest BCUT2D eigenvalue weighted by atomic mass is 9.95. The van der Waals surface area contributed by atoms with Gasteiger partial charge in [0.05, 0.1) is 25.0 Å². The Bertz CT molecular complexity index is 1190. The maximum Gasteiger partial charge on any atom is 0.251 e. The third kappa shape index (κ3) is 14.2. The third-order valence-electron chi connectivity index (χ3n) is 7.23. The van der Waals surface area contributed by atoms with Gasteiger partial charge in [0, 0.05) is 12.1 Å². The molecule has 46 heavy (non-hydrogen) atoms. The first-order chi connectivity index (χ1) is 21.6. The van der Waals surface area contributed by atoms with Crippen molar-refractivity contribution in [1.29, 1.82) is 0 Å². The highest BCUT2D eigenvalue weighted by atomic mass is 16.3. The van der Waals surface area contributed by atoms with Crippen LogP contribution in [-0.4, -0.2) is 77.4 Å². The number of aliphatic hydroxyl groups excluding tert-OH is 1. The van der Waals surface area contributed by atoms with E-state index < -0.39 is 72.6 Å². The molecule has 0 aliphatic rings. The summed E-state index contributed by atoms with van der Waals surface area (Å²) in [6, 6.07) is 4.05. The van der Waals surface area contributed by atoms with E-state index in [4.69, 9.17) is 5.73 Å². The summed E-state index contributed by atoms with van der Waals surface area (Å²) in [5.41, 5.74) is 5.75. The Hall–Kier alpha value is -4.26. The van der Waals surface area contributed by atoms with Gasteiger partial charge >= 0.3 is 0 Å². The minimum Gasteiger partial charge on any atom is -0.390 e. The molecule has 1 rings (SSSR count). The molecule has 2 unspecified atom stereocenters. The number of carbonyl (C=O) groups excluding carboxylic acids is 6. The van der Waals surface area contributed by atoms with E-state index in [-0.39, 0.29) is 36.5 Å². The molecule has 6 amide bonds. The summed E-state index contributed by atoms with van der Waals surface area (Å²) < 4.78 is 0. The van der Waals surface area contributed by atoms with E-state index in [0.717, 1.165) is 0 Å². The van der Waals surface area contributed by atoms with Crippen LogP contribution in [0.15, 0.2) is 43.0 Å². The van der Waals surface area contributed by atoms with E-state index in [1.165, 1.54) is 0 Å². The molecule has 0 fully saturated rings. The lowest BCUT2D eigenvalue weighted by Crippen LogP contribution is -2.57. The van der Waals surface area contributed by atoms with Crippen LogP contribution >= 0.6 is 0 Å². The first-order valence-corrected chi connectivity index (χ1v) is 15.7. The van der Waals surface area contributed by atoms with Crippen LogP contribution in [0.4, 0.5) is 0 Å². The highest BCUT2D eigenvalue weighted by Crippen LogP contribution is 2.14. The van der Waals surface area contributed by atoms with Gasteiger partial charge in [-0.25, -0.2) is 0 Å². The lowest BCUT2D eigenvalue weighted by molar-refractivity contribution is -0.133. The Kier molecular flexibility index (Phi) is 17.3. The van der Waals surface area contributed by atoms with Crippen LogP contribution in [-0.2, 0) is 24.0 Å². The molecule has 0 radical (unpaired) electrons. The first-order valence-electron chi connectivity index (χ1n) is 15.7. The standard InChI is InChI=1S/C33H52N6O7/c1-8-21(7)16-23(26(40)18-28(42)39-29(20(5)6)33(46)35-9-2)36-32(45)25(17-27(34)41)38-31(44)24(15-19(3)4)37-30(43)22-13-11-10-12-14-22/h8,10-14,19-21,23-26,29,40H,1,9,15-18H2,2-7H3,(H2,34,41)(H,35,46)(H,36,45)(H,37,43)(H,38,44)(H,39,42)/t21?,23-,24+,25?,26-,29-/m0/s1. The van der Waals surface area contributed by atoms with Crippen LogP contribution in [0.5, 0.6) is 0 Å². The fourth-order valence-corrected chi connectivity index (χ4v) is 4.69. The van der Waals surface area contributed by atoms with Crippen LogP contribution in [0.2, 0.25) is 0 Å². The maximum absolute atomic E-state index is 13.5. The minimum absolute atomic E-state index is 0.00959. The Morgan fingerprint density at radius 1 is 0.826 bits per heavy atom. The van der Waals surface area contributed by atoms with Crippen molar-refractivity contribution in [2.45, 2.75) is 97.5 Å². The molecule has 0 saturated heterocycles. The number of benzene rings is 1. The van der Waals surface area contributed by atoms with Gasteiger partial charge in [-0.05, 0) is 49.7 Å². The van der Waals surface area contributed by atoms with Crippen molar-refractivity contribution in [2.75, 3.05) is 6.54 Å². The van der Waals surface area contributed by atoms with Gasteiger partial charge in [0.15, 0.2) is 0 Å². The Morgan fingerprint density at radius 2 is 1.43 bits per heavy atom. The van der Waals surface area contributed by atoms with Gasteiger partial charge in [0.25, 0.3) is 5.91 Å². The van der Waals surface area contributed by atoms with E-state index in [2.05, 4.69) is 33.2 Å². The largest absolute Gasteiger partial charge is 0.390 e. The summed E-state index contributed by atoms with van der Waals surface area (Å²) in [6.07, 6.45) is -0.347. The molecule has 1 aromatic carbocycles. The number of likely N-dealkylation sites (N-methyl/N-ethyl adjacent to an activating group) is 1. The predicted octanol–water partition coefficient (Wildman–Crippen LogP) is 0.916. The molecule has 1 aromatic rings. The van der Waals surface area contributed by atoms with Crippen LogP contribution in [0.1, 0.15) is 77.6 Å². The van der Waals surface area contributed by atoms with Gasteiger partial charge in [0.2, 0.25) is 29.5 Å². The Morgan fingerprint density at radius 3 is 1.96 bits per heavy atom. The molecule has 0 saturated carbocycles. The molecule has 256 valence electrons. The SMILES string of the molecule is C=CC(C)C[C@H](NC(=O)C(CC(N)=O)NC(=O)[C@@H](CC(C)C)NC(=O)c1ccccc1)[C@@H](O)CC(=O)N[C@H](C(=O)NCC)C(C)C. The number of primary amides is 1. The summed E-state index contributed by atoms with van der Waals surface area (Å²) in [5.74, 6) is -4.24. The number of hydrogen-bond donors (Lipinski definition) is 7. The normalized spacial score (nSPS) is 15.0. The van der Waals surface area contributed by atoms with Crippen molar-refractivity contribution in [1.82, 2.24) is 26.6 Å². The predicted molar refractivity (Wildman–Crippen MR) is 175 cm³/mol. The average molecular weight is 645 g/mol. The molecule has 13 heteroatoms. The quantitative estimate of drug-likeness (QED) is 0.102. The third-order valence-corrected chi connectivity index (χ3v) is 7.23. The number of hydrogen-bond acceptors (Lipinski definition) is 7. The highest BCUT2D eigenvalue weighted by Gasteiger charge is 2.33. The van der Waals surface area contributed by atoms with E-state index in [0.29, 0.717) is 12.1 Å². The van der Waals surface area contributed by atoms with Crippen molar-refractivity contribution < 1.29 is 33.9 Å². The Balaban J connectivity index is 3.15. The molecule has 0 aromatic heterocycles. The summed E-state index contributed by atoms with van der Waals surface area (Å²) in [5, 5.41) is 24.3. The van der Waals surface area contributed by atoms with Crippen LogP contribution in [0.3, 0.4) is 0 Å². The molecule has 0 bridgehead atoms.